The maximum absolute atomic E-state index is 12.8. The number of nitrogens with zero attached hydrogens (tertiary/aromatic N) is 2. The lowest BCUT2D eigenvalue weighted by molar-refractivity contribution is 0.0998. The van der Waals surface area contributed by atoms with E-state index in [1.54, 1.807) is 24.3 Å². The molecular formula is C23H19BrN2O2S. The third-order valence-electron chi connectivity index (χ3n) is 4.37. The number of para-hydroxylation sites is 1. The summed E-state index contributed by atoms with van der Waals surface area (Å²) in [4.78, 5) is 17.9. The van der Waals surface area contributed by atoms with Gasteiger partial charge in [-0.05, 0) is 61.0 Å². The lowest BCUT2D eigenvalue weighted by atomic mass is 10.2. The number of benzene rings is 3. The summed E-state index contributed by atoms with van der Waals surface area (Å²) < 4.78 is 10.0. The van der Waals surface area contributed by atoms with E-state index in [0.29, 0.717) is 11.3 Å². The fraction of sp³-hybridized carbons (Fsp3) is 0.130. The number of hydrogen-bond donors (Lipinski definition) is 0. The van der Waals surface area contributed by atoms with Crippen LogP contribution in [0.4, 0.5) is 0 Å². The molecule has 1 amide bonds. The van der Waals surface area contributed by atoms with Crippen LogP contribution in [0.25, 0.3) is 10.2 Å². The molecule has 0 saturated carbocycles. The number of aryl methyl sites for hydroxylation is 1. The molecule has 4 nitrogen and oxygen atoms in total. The molecule has 0 aliphatic heterocycles. The maximum Gasteiger partial charge on any atom is 0.279 e. The lowest BCUT2D eigenvalue weighted by Crippen LogP contribution is -2.16. The van der Waals surface area contributed by atoms with Crippen LogP contribution in [0.1, 0.15) is 23.7 Å². The van der Waals surface area contributed by atoms with E-state index in [1.165, 1.54) is 11.3 Å². The maximum atomic E-state index is 12.8. The fourth-order valence-electron chi connectivity index (χ4n) is 3.01. The molecule has 0 atom stereocenters. The number of hydrogen-bond acceptors (Lipinski definition) is 3. The molecule has 146 valence electrons. The zero-order valence-electron chi connectivity index (χ0n) is 15.8. The predicted octanol–water partition coefficient (Wildman–Crippen LogP) is 6.41. The normalized spacial score (nSPS) is 11.7. The highest BCUT2D eigenvalue weighted by atomic mass is 79.9. The van der Waals surface area contributed by atoms with Gasteiger partial charge in [0.1, 0.15) is 11.5 Å². The van der Waals surface area contributed by atoms with Gasteiger partial charge in [0.2, 0.25) is 0 Å². The summed E-state index contributed by atoms with van der Waals surface area (Å²) in [6.07, 6.45) is 0.967. The largest absolute Gasteiger partial charge is 0.457 e. The van der Waals surface area contributed by atoms with E-state index in [1.807, 2.05) is 36.4 Å². The first-order valence-electron chi connectivity index (χ1n) is 9.35. The molecule has 0 N–H and O–H groups in total. The number of thiazole rings is 1. The van der Waals surface area contributed by atoms with Gasteiger partial charge in [0.15, 0.2) is 4.80 Å². The second-order valence-corrected chi connectivity index (χ2v) is 8.43. The molecule has 0 fully saturated rings. The average molecular weight is 467 g/mol. The third kappa shape index (κ3) is 4.49. The molecule has 0 aliphatic rings. The fourth-order valence-corrected chi connectivity index (χ4v) is 4.62. The molecule has 0 saturated heterocycles. The number of aromatic nitrogens is 1. The van der Waals surface area contributed by atoms with Gasteiger partial charge < -0.3 is 9.30 Å². The molecule has 1 heterocycles. The number of carbonyl (C=O) groups is 1. The number of amides is 1. The predicted molar refractivity (Wildman–Crippen MR) is 121 cm³/mol. The smallest absolute Gasteiger partial charge is 0.279 e. The Morgan fingerprint density at radius 1 is 1.03 bits per heavy atom. The van der Waals surface area contributed by atoms with Crippen molar-refractivity contribution in [2.45, 2.75) is 19.9 Å². The molecule has 0 bridgehead atoms. The summed E-state index contributed by atoms with van der Waals surface area (Å²) in [5.41, 5.74) is 1.63. The molecule has 4 rings (SSSR count). The van der Waals surface area contributed by atoms with Crippen molar-refractivity contribution in [2.24, 2.45) is 4.99 Å². The number of ether oxygens (including phenoxy) is 1. The minimum absolute atomic E-state index is 0.258. The first kappa shape index (κ1) is 19.6. The number of fused-ring (bicyclic) bond motifs is 1. The first-order valence-corrected chi connectivity index (χ1v) is 11.0. The summed E-state index contributed by atoms with van der Waals surface area (Å²) in [5, 5.41) is 0. The summed E-state index contributed by atoms with van der Waals surface area (Å²) in [6, 6.07) is 22.8. The van der Waals surface area contributed by atoms with Crippen LogP contribution < -0.4 is 9.54 Å². The van der Waals surface area contributed by atoms with E-state index >= 15 is 0 Å². The summed E-state index contributed by atoms with van der Waals surface area (Å²) in [7, 11) is 0. The standard InChI is InChI=1S/C23H19BrN2O2S/c1-2-14-26-20-13-10-17(24)15-21(20)29-23(26)25-22(27)16-8-11-19(12-9-16)28-18-6-4-3-5-7-18/h3-13,15H,2,14H2,1H3. The van der Waals surface area contributed by atoms with Gasteiger partial charge in [-0.3, -0.25) is 4.79 Å². The van der Waals surface area contributed by atoms with Crippen LogP contribution in [0.3, 0.4) is 0 Å². The third-order valence-corrected chi connectivity index (χ3v) is 5.90. The highest BCUT2D eigenvalue weighted by Crippen LogP contribution is 2.23. The van der Waals surface area contributed by atoms with E-state index in [-0.39, 0.29) is 5.91 Å². The number of carbonyl (C=O) groups excluding carboxylic acids is 1. The van der Waals surface area contributed by atoms with Gasteiger partial charge in [0.05, 0.1) is 10.2 Å². The van der Waals surface area contributed by atoms with Crippen molar-refractivity contribution in [3.05, 3.63) is 87.6 Å². The zero-order chi connectivity index (χ0) is 20.2. The Morgan fingerprint density at radius 3 is 2.48 bits per heavy atom. The molecule has 29 heavy (non-hydrogen) atoms. The van der Waals surface area contributed by atoms with Crippen molar-refractivity contribution in [3.8, 4) is 11.5 Å². The van der Waals surface area contributed by atoms with E-state index in [2.05, 4.69) is 44.5 Å². The Kier molecular flexibility index (Phi) is 5.92. The topological polar surface area (TPSA) is 43.6 Å². The van der Waals surface area contributed by atoms with Gasteiger partial charge in [0.25, 0.3) is 5.91 Å². The number of halogens is 1. The summed E-state index contributed by atoms with van der Waals surface area (Å²) in [6.45, 7) is 2.93. The van der Waals surface area contributed by atoms with Crippen LogP contribution >= 0.6 is 27.3 Å². The Morgan fingerprint density at radius 2 is 1.76 bits per heavy atom. The first-order chi connectivity index (χ1) is 14.1. The van der Waals surface area contributed by atoms with Crippen LogP contribution in [0.15, 0.2) is 82.3 Å². The van der Waals surface area contributed by atoms with Gasteiger partial charge in [-0.1, -0.05) is 52.4 Å². The Bertz CT molecular complexity index is 1210. The number of rotatable bonds is 5. The van der Waals surface area contributed by atoms with Crippen molar-refractivity contribution < 1.29 is 9.53 Å². The molecule has 3 aromatic carbocycles. The quantitative estimate of drug-likeness (QED) is 0.341. The van der Waals surface area contributed by atoms with Crippen molar-refractivity contribution in [3.63, 3.8) is 0 Å². The molecule has 4 aromatic rings. The second kappa shape index (κ2) is 8.76. The van der Waals surface area contributed by atoms with Crippen molar-refractivity contribution in [2.75, 3.05) is 0 Å². The van der Waals surface area contributed by atoms with Crippen molar-refractivity contribution in [1.82, 2.24) is 4.57 Å². The van der Waals surface area contributed by atoms with Crippen LogP contribution in [0, 0.1) is 0 Å². The van der Waals surface area contributed by atoms with Gasteiger partial charge in [0, 0.05) is 16.6 Å². The van der Waals surface area contributed by atoms with Crippen LogP contribution in [0.2, 0.25) is 0 Å². The van der Waals surface area contributed by atoms with Crippen LogP contribution in [0.5, 0.6) is 11.5 Å². The van der Waals surface area contributed by atoms with Crippen LogP contribution in [-0.4, -0.2) is 10.5 Å². The summed E-state index contributed by atoms with van der Waals surface area (Å²) >= 11 is 5.04. The Hall–Kier alpha value is -2.70. The van der Waals surface area contributed by atoms with E-state index in [9.17, 15) is 4.79 Å². The molecule has 0 spiro atoms. The molecule has 0 unspecified atom stereocenters. The van der Waals surface area contributed by atoms with E-state index in [4.69, 9.17) is 4.74 Å². The minimum Gasteiger partial charge on any atom is -0.457 e. The molecule has 0 aliphatic carbocycles. The van der Waals surface area contributed by atoms with E-state index in [0.717, 1.165) is 38.2 Å². The van der Waals surface area contributed by atoms with Crippen molar-refractivity contribution >= 4 is 43.4 Å². The monoisotopic (exact) mass is 466 g/mol. The molecular weight excluding hydrogens is 448 g/mol. The SMILES string of the molecule is CCCn1c(=NC(=O)c2ccc(Oc3ccccc3)cc2)sc2cc(Br)ccc21. The van der Waals surface area contributed by atoms with Crippen LogP contribution in [-0.2, 0) is 6.54 Å². The highest BCUT2D eigenvalue weighted by Gasteiger charge is 2.10. The minimum atomic E-state index is -0.258. The Labute approximate surface area is 181 Å². The van der Waals surface area contributed by atoms with Gasteiger partial charge >= 0.3 is 0 Å². The van der Waals surface area contributed by atoms with Crippen molar-refractivity contribution in [1.29, 1.82) is 0 Å². The highest BCUT2D eigenvalue weighted by molar-refractivity contribution is 9.10. The molecule has 6 heteroatoms. The van der Waals surface area contributed by atoms with Gasteiger partial charge in [-0.25, -0.2) is 0 Å². The summed E-state index contributed by atoms with van der Waals surface area (Å²) in [5.74, 6) is 1.18. The van der Waals surface area contributed by atoms with Gasteiger partial charge in [-0.15, -0.1) is 0 Å². The zero-order valence-corrected chi connectivity index (χ0v) is 18.2. The van der Waals surface area contributed by atoms with E-state index < -0.39 is 0 Å². The second-order valence-electron chi connectivity index (χ2n) is 6.50. The molecule has 1 aromatic heterocycles. The van der Waals surface area contributed by atoms with Gasteiger partial charge in [-0.2, -0.15) is 4.99 Å². The molecule has 0 radical (unpaired) electrons. The lowest BCUT2D eigenvalue weighted by Gasteiger charge is -2.05. The average Bonchev–Trinajstić information content (AvgIpc) is 3.05. The Balaban J connectivity index is 1.63.